The Morgan fingerprint density at radius 2 is 2.11 bits per heavy atom. The average Bonchev–Trinajstić information content (AvgIpc) is 2.71. The number of fused-ring (bicyclic) bond motifs is 3. The molecule has 1 nitrogen and oxygen atoms in total. The number of benzene rings is 1. The summed E-state index contributed by atoms with van der Waals surface area (Å²) in [7, 11) is 0. The Morgan fingerprint density at radius 1 is 1.37 bits per heavy atom. The van der Waals surface area contributed by atoms with Crippen LogP contribution in [0, 0.1) is 5.41 Å². The third-order valence-electron chi connectivity index (χ3n) is 4.97. The lowest BCUT2D eigenvalue weighted by molar-refractivity contribution is 0.277. The molecule has 1 aliphatic carbocycles. The zero-order valence-electron chi connectivity index (χ0n) is 11.9. The van der Waals surface area contributed by atoms with Crippen molar-refractivity contribution in [1.82, 2.24) is 5.32 Å². The van der Waals surface area contributed by atoms with Crippen LogP contribution in [-0.2, 0) is 6.42 Å². The molecule has 3 rings (SSSR count). The van der Waals surface area contributed by atoms with Crippen LogP contribution in [0.2, 0.25) is 5.02 Å². The third-order valence-corrected chi connectivity index (χ3v) is 5.42. The van der Waals surface area contributed by atoms with Gasteiger partial charge < -0.3 is 5.32 Å². The highest BCUT2D eigenvalue weighted by Gasteiger charge is 2.43. The average molecular weight is 300 g/mol. The van der Waals surface area contributed by atoms with E-state index < -0.39 is 0 Å². The summed E-state index contributed by atoms with van der Waals surface area (Å²) in [5.41, 5.74) is 4.68. The molecule has 0 bridgehead atoms. The Balaban J connectivity index is 0.00000133. The predicted octanol–water partition coefficient (Wildman–Crippen LogP) is 4.52. The number of halogens is 2. The van der Waals surface area contributed by atoms with Gasteiger partial charge >= 0.3 is 0 Å². The molecule has 1 aliphatic heterocycles. The summed E-state index contributed by atoms with van der Waals surface area (Å²) in [6, 6.07) is 4.58. The molecule has 1 N–H and O–H groups in total. The van der Waals surface area contributed by atoms with Crippen LogP contribution in [0.5, 0.6) is 0 Å². The van der Waals surface area contributed by atoms with E-state index >= 15 is 0 Å². The lowest BCUT2D eigenvalue weighted by atomic mass is 9.66. The minimum atomic E-state index is 0. The van der Waals surface area contributed by atoms with Crippen LogP contribution in [0.1, 0.15) is 55.7 Å². The lowest BCUT2D eigenvalue weighted by Crippen LogP contribution is -2.30. The van der Waals surface area contributed by atoms with Gasteiger partial charge in [-0.1, -0.05) is 44.5 Å². The van der Waals surface area contributed by atoms with E-state index in [1.165, 1.54) is 23.1 Å². The summed E-state index contributed by atoms with van der Waals surface area (Å²) in [5, 5.41) is 4.60. The maximum Gasteiger partial charge on any atom is 0.0475 e. The summed E-state index contributed by atoms with van der Waals surface area (Å²) in [4.78, 5) is 0. The van der Waals surface area contributed by atoms with Crippen LogP contribution in [0.25, 0.3) is 0 Å². The fourth-order valence-electron chi connectivity index (χ4n) is 3.71. The van der Waals surface area contributed by atoms with Crippen molar-refractivity contribution in [2.24, 2.45) is 5.41 Å². The SMILES string of the molecule is CC(C)c1ccc2c(c1Cl)CC[C@@]1(C)CNC[C@@H]21.Cl. The molecule has 0 saturated carbocycles. The van der Waals surface area contributed by atoms with Crippen molar-refractivity contribution in [3.05, 3.63) is 33.8 Å². The van der Waals surface area contributed by atoms with Gasteiger partial charge in [0.15, 0.2) is 0 Å². The fourth-order valence-corrected chi connectivity index (χ4v) is 4.20. The minimum absolute atomic E-state index is 0. The van der Waals surface area contributed by atoms with Gasteiger partial charge in [-0.3, -0.25) is 0 Å². The Hall–Kier alpha value is -0.240. The zero-order valence-corrected chi connectivity index (χ0v) is 13.5. The van der Waals surface area contributed by atoms with Crippen molar-refractivity contribution in [1.29, 1.82) is 0 Å². The molecular formula is C16H23Cl2N. The molecule has 0 radical (unpaired) electrons. The van der Waals surface area contributed by atoms with Crippen molar-refractivity contribution >= 4 is 24.0 Å². The number of hydrogen-bond donors (Lipinski definition) is 1. The molecular weight excluding hydrogens is 277 g/mol. The largest absolute Gasteiger partial charge is 0.316 e. The smallest absolute Gasteiger partial charge is 0.0475 e. The first-order valence-corrected chi connectivity index (χ1v) is 7.42. The highest BCUT2D eigenvalue weighted by molar-refractivity contribution is 6.32. The van der Waals surface area contributed by atoms with Gasteiger partial charge in [0.1, 0.15) is 0 Å². The molecule has 2 aliphatic rings. The van der Waals surface area contributed by atoms with Gasteiger partial charge in [-0.25, -0.2) is 0 Å². The van der Waals surface area contributed by atoms with Crippen LogP contribution >= 0.6 is 24.0 Å². The van der Waals surface area contributed by atoms with Gasteiger partial charge in [-0.05, 0) is 40.9 Å². The molecule has 0 unspecified atom stereocenters. The van der Waals surface area contributed by atoms with Crippen LogP contribution in [0.4, 0.5) is 0 Å². The molecule has 1 aromatic rings. The summed E-state index contributed by atoms with van der Waals surface area (Å²) < 4.78 is 0. The van der Waals surface area contributed by atoms with E-state index in [0.717, 1.165) is 24.5 Å². The maximum absolute atomic E-state index is 6.64. The van der Waals surface area contributed by atoms with Crippen molar-refractivity contribution in [2.75, 3.05) is 13.1 Å². The van der Waals surface area contributed by atoms with Crippen molar-refractivity contribution < 1.29 is 0 Å². The Kier molecular flexibility index (Phi) is 4.21. The van der Waals surface area contributed by atoms with Crippen molar-refractivity contribution in [3.63, 3.8) is 0 Å². The molecule has 0 spiro atoms. The van der Waals surface area contributed by atoms with E-state index in [4.69, 9.17) is 11.6 Å². The molecule has 19 heavy (non-hydrogen) atoms. The summed E-state index contributed by atoms with van der Waals surface area (Å²) in [5.74, 6) is 1.16. The van der Waals surface area contributed by atoms with Crippen molar-refractivity contribution in [3.8, 4) is 0 Å². The van der Waals surface area contributed by atoms with Gasteiger partial charge in [0, 0.05) is 24.0 Å². The monoisotopic (exact) mass is 299 g/mol. The number of rotatable bonds is 1. The quantitative estimate of drug-likeness (QED) is 0.804. The molecule has 1 heterocycles. The van der Waals surface area contributed by atoms with E-state index in [1.54, 1.807) is 0 Å². The second-order valence-corrected chi connectivity index (χ2v) is 6.91. The van der Waals surface area contributed by atoms with Gasteiger partial charge in [-0.15, -0.1) is 12.4 Å². The van der Waals surface area contributed by atoms with Crippen LogP contribution in [-0.4, -0.2) is 13.1 Å². The number of nitrogens with one attached hydrogen (secondary N) is 1. The molecule has 1 fully saturated rings. The summed E-state index contributed by atoms with van der Waals surface area (Å²) >= 11 is 6.64. The third kappa shape index (κ3) is 2.30. The molecule has 2 atom stereocenters. The predicted molar refractivity (Wildman–Crippen MR) is 84.8 cm³/mol. The fraction of sp³-hybridized carbons (Fsp3) is 0.625. The zero-order chi connectivity index (χ0) is 12.9. The second kappa shape index (κ2) is 5.27. The molecule has 3 heteroatoms. The summed E-state index contributed by atoms with van der Waals surface area (Å²) in [6.07, 6.45) is 2.41. The van der Waals surface area contributed by atoms with Crippen LogP contribution in [0.3, 0.4) is 0 Å². The van der Waals surface area contributed by atoms with Crippen molar-refractivity contribution in [2.45, 2.75) is 45.4 Å². The Morgan fingerprint density at radius 3 is 2.79 bits per heavy atom. The van der Waals surface area contributed by atoms with E-state index in [-0.39, 0.29) is 12.4 Å². The van der Waals surface area contributed by atoms with Crippen LogP contribution in [0.15, 0.2) is 12.1 Å². The lowest BCUT2D eigenvalue weighted by Gasteiger charge is -2.37. The molecule has 1 saturated heterocycles. The Bertz CT molecular complexity index is 484. The first-order chi connectivity index (χ1) is 8.53. The van der Waals surface area contributed by atoms with E-state index in [0.29, 0.717) is 17.3 Å². The van der Waals surface area contributed by atoms with Gasteiger partial charge in [0.05, 0.1) is 0 Å². The first-order valence-electron chi connectivity index (χ1n) is 7.05. The highest BCUT2D eigenvalue weighted by Crippen LogP contribution is 2.49. The topological polar surface area (TPSA) is 12.0 Å². The number of hydrogen-bond acceptors (Lipinski definition) is 1. The molecule has 0 aromatic heterocycles. The normalized spacial score (nSPS) is 28.8. The van der Waals surface area contributed by atoms with E-state index in [2.05, 4.69) is 38.2 Å². The van der Waals surface area contributed by atoms with E-state index in [9.17, 15) is 0 Å². The van der Waals surface area contributed by atoms with Crippen LogP contribution < -0.4 is 5.32 Å². The van der Waals surface area contributed by atoms with Gasteiger partial charge in [-0.2, -0.15) is 0 Å². The highest BCUT2D eigenvalue weighted by atomic mass is 35.5. The summed E-state index contributed by atoms with van der Waals surface area (Å²) in [6.45, 7) is 9.13. The Labute approximate surface area is 127 Å². The standard InChI is InChI=1S/C16H22ClN.ClH/c1-10(2)11-4-5-12-13(15(11)17)6-7-16(3)9-18-8-14(12)16;/h4-5,10,14,18H,6-9H2,1-3H3;1H/t14-,16-;/m0./s1. The maximum atomic E-state index is 6.64. The van der Waals surface area contributed by atoms with Gasteiger partial charge in [0.2, 0.25) is 0 Å². The molecule has 0 amide bonds. The molecule has 1 aromatic carbocycles. The van der Waals surface area contributed by atoms with Gasteiger partial charge in [0.25, 0.3) is 0 Å². The second-order valence-electron chi connectivity index (χ2n) is 6.53. The minimum Gasteiger partial charge on any atom is -0.316 e. The van der Waals surface area contributed by atoms with E-state index in [1.807, 2.05) is 0 Å². The molecule has 106 valence electrons. The first kappa shape index (κ1) is 15.2.